The predicted octanol–water partition coefficient (Wildman–Crippen LogP) is 3.45. The molecule has 0 bridgehead atoms. The van der Waals surface area contributed by atoms with Crippen molar-refractivity contribution in [1.29, 1.82) is 5.26 Å². The number of hydrogen-bond donors (Lipinski definition) is 1. The second-order valence-electron chi connectivity index (χ2n) is 4.77. The lowest BCUT2D eigenvalue weighted by atomic mass is 10.1. The van der Waals surface area contributed by atoms with Gasteiger partial charge in [-0.3, -0.25) is 0 Å². The Hall–Kier alpha value is -1.74. The number of rotatable bonds is 7. The summed E-state index contributed by atoms with van der Waals surface area (Å²) in [7, 11) is 0. The van der Waals surface area contributed by atoms with Gasteiger partial charge >= 0.3 is 6.18 Å². The third kappa shape index (κ3) is 5.64. The van der Waals surface area contributed by atoms with Gasteiger partial charge in [-0.25, -0.2) is 0 Å². The van der Waals surface area contributed by atoms with Gasteiger partial charge in [0.2, 0.25) is 0 Å². The zero-order valence-electron chi connectivity index (χ0n) is 12.3. The number of nitriles is 1. The van der Waals surface area contributed by atoms with Crippen LogP contribution < -0.4 is 10.2 Å². The van der Waals surface area contributed by atoms with Crippen LogP contribution in [0.5, 0.6) is 0 Å². The Bertz CT molecular complexity index is 492. The fourth-order valence-corrected chi connectivity index (χ4v) is 2.05. The second-order valence-corrected chi connectivity index (χ2v) is 4.77. The molecule has 0 saturated heterocycles. The number of nitrogens with one attached hydrogen (secondary N) is 1. The Morgan fingerprint density at radius 3 is 2.52 bits per heavy atom. The van der Waals surface area contributed by atoms with Crippen LogP contribution in [0.15, 0.2) is 18.2 Å². The van der Waals surface area contributed by atoms with E-state index in [1.54, 1.807) is 25.1 Å². The van der Waals surface area contributed by atoms with E-state index in [0.29, 0.717) is 12.2 Å². The van der Waals surface area contributed by atoms with Crippen LogP contribution in [0.1, 0.15) is 31.4 Å². The molecule has 3 nitrogen and oxygen atoms in total. The largest absolute Gasteiger partial charge is 0.405 e. The first-order valence-electron chi connectivity index (χ1n) is 6.96. The molecular weight excluding hydrogens is 279 g/mol. The highest BCUT2D eigenvalue weighted by atomic mass is 19.4. The van der Waals surface area contributed by atoms with Crippen molar-refractivity contribution >= 4 is 5.69 Å². The topological polar surface area (TPSA) is 39.1 Å². The number of nitrogens with zero attached hydrogens (tertiary/aromatic N) is 2. The smallest absolute Gasteiger partial charge is 0.362 e. The summed E-state index contributed by atoms with van der Waals surface area (Å²) in [6, 6.07) is 7.00. The van der Waals surface area contributed by atoms with E-state index < -0.39 is 12.7 Å². The Balaban J connectivity index is 2.94. The Kier molecular flexibility index (Phi) is 6.50. The van der Waals surface area contributed by atoms with Gasteiger partial charge in [-0.1, -0.05) is 13.0 Å². The van der Waals surface area contributed by atoms with Gasteiger partial charge in [0.15, 0.2) is 0 Å². The molecule has 0 fully saturated rings. The molecule has 0 amide bonds. The maximum absolute atomic E-state index is 12.6. The number of anilines is 1. The van der Waals surface area contributed by atoms with E-state index in [1.807, 2.05) is 13.0 Å². The zero-order valence-corrected chi connectivity index (χ0v) is 12.3. The SMILES string of the molecule is CCCNCc1ccc(N(CC)CC(F)(F)F)c(C#N)c1. The molecule has 0 saturated carbocycles. The molecule has 0 aromatic heterocycles. The van der Waals surface area contributed by atoms with Crippen LogP contribution in [0.3, 0.4) is 0 Å². The first kappa shape index (κ1) is 17.3. The summed E-state index contributed by atoms with van der Waals surface area (Å²) in [5, 5.41) is 12.4. The number of alkyl halides is 3. The molecule has 0 unspecified atom stereocenters. The number of halogens is 3. The maximum Gasteiger partial charge on any atom is 0.405 e. The monoisotopic (exact) mass is 299 g/mol. The molecule has 1 aromatic carbocycles. The summed E-state index contributed by atoms with van der Waals surface area (Å²) in [6.45, 7) is 4.30. The third-order valence-electron chi connectivity index (χ3n) is 3.03. The van der Waals surface area contributed by atoms with Gasteiger partial charge in [0.05, 0.1) is 11.3 Å². The highest BCUT2D eigenvalue weighted by Crippen LogP contribution is 2.25. The zero-order chi connectivity index (χ0) is 15.9. The molecule has 0 heterocycles. The van der Waals surface area contributed by atoms with Crippen molar-refractivity contribution in [2.75, 3.05) is 24.5 Å². The van der Waals surface area contributed by atoms with E-state index >= 15 is 0 Å². The van der Waals surface area contributed by atoms with Crippen molar-refractivity contribution in [2.24, 2.45) is 0 Å². The van der Waals surface area contributed by atoms with E-state index in [4.69, 9.17) is 0 Å². The molecule has 0 aliphatic heterocycles. The van der Waals surface area contributed by atoms with Crippen LogP contribution in [-0.4, -0.2) is 25.8 Å². The Morgan fingerprint density at radius 2 is 2.00 bits per heavy atom. The molecule has 0 atom stereocenters. The van der Waals surface area contributed by atoms with Crippen LogP contribution in [0.4, 0.5) is 18.9 Å². The first-order chi connectivity index (χ1) is 9.91. The minimum absolute atomic E-state index is 0.196. The normalized spacial score (nSPS) is 11.2. The van der Waals surface area contributed by atoms with Crippen LogP contribution >= 0.6 is 0 Å². The molecule has 6 heteroatoms. The lowest BCUT2D eigenvalue weighted by Gasteiger charge is -2.25. The third-order valence-corrected chi connectivity index (χ3v) is 3.03. The fourth-order valence-electron chi connectivity index (χ4n) is 2.05. The van der Waals surface area contributed by atoms with Crippen LogP contribution in [-0.2, 0) is 6.54 Å². The highest BCUT2D eigenvalue weighted by Gasteiger charge is 2.31. The molecule has 1 aromatic rings. The summed E-state index contributed by atoms with van der Waals surface area (Å²) in [4.78, 5) is 1.17. The minimum atomic E-state index is -4.29. The lowest BCUT2D eigenvalue weighted by molar-refractivity contribution is -0.119. The van der Waals surface area contributed by atoms with Gasteiger partial charge in [-0.05, 0) is 37.6 Å². The minimum Gasteiger partial charge on any atom is -0.362 e. The van der Waals surface area contributed by atoms with Gasteiger partial charge in [0.1, 0.15) is 12.6 Å². The van der Waals surface area contributed by atoms with Crippen molar-refractivity contribution < 1.29 is 13.2 Å². The van der Waals surface area contributed by atoms with E-state index in [2.05, 4.69) is 5.32 Å². The Morgan fingerprint density at radius 1 is 1.29 bits per heavy atom. The van der Waals surface area contributed by atoms with Crippen molar-refractivity contribution in [2.45, 2.75) is 33.0 Å². The second kappa shape index (κ2) is 7.89. The van der Waals surface area contributed by atoms with Gasteiger partial charge in [-0.2, -0.15) is 18.4 Å². The molecule has 0 aliphatic rings. The van der Waals surface area contributed by atoms with Gasteiger partial charge < -0.3 is 10.2 Å². The molecule has 1 N–H and O–H groups in total. The van der Waals surface area contributed by atoms with Gasteiger partial charge in [-0.15, -0.1) is 0 Å². The van der Waals surface area contributed by atoms with Crippen LogP contribution in [0, 0.1) is 11.3 Å². The summed E-state index contributed by atoms with van der Waals surface area (Å²) in [5.41, 5.74) is 1.50. The van der Waals surface area contributed by atoms with Crippen LogP contribution in [0.2, 0.25) is 0 Å². The van der Waals surface area contributed by atoms with E-state index in [0.717, 1.165) is 18.5 Å². The summed E-state index contributed by atoms with van der Waals surface area (Å²) < 4.78 is 37.7. The number of benzene rings is 1. The van der Waals surface area contributed by atoms with E-state index in [1.165, 1.54) is 4.90 Å². The van der Waals surface area contributed by atoms with Crippen LogP contribution in [0.25, 0.3) is 0 Å². The quantitative estimate of drug-likeness (QED) is 0.784. The molecule has 0 radical (unpaired) electrons. The molecule has 0 aliphatic carbocycles. The number of hydrogen-bond acceptors (Lipinski definition) is 3. The summed E-state index contributed by atoms with van der Waals surface area (Å²) >= 11 is 0. The molecule has 0 spiro atoms. The first-order valence-corrected chi connectivity index (χ1v) is 6.96. The lowest BCUT2D eigenvalue weighted by Crippen LogP contribution is -2.34. The van der Waals surface area contributed by atoms with Crippen molar-refractivity contribution in [3.8, 4) is 6.07 Å². The standard InChI is InChI=1S/C15H20F3N3/c1-3-7-20-10-12-5-6-14(13(8-12)9-19)21(4-2)11-15(16,17)18/h5-6,8,20H,3-4,7,10-11H2,1-2H3. The molecule has 1 rings (SSSR count). The average molecular weight is 299 g/mol. The Labute approximate surface area is 123 Å². The van der Waals surface area contributed by atoms with Crippen molar-refractivity contribution in [3.05, 3.63) is 29.3 Å². The van der Waals surface area contributed by atoms with E-state index in [9.17, 15) is 18.4 Å². The summed E-state index contributed by atoms with van der Waals surface area (Å²) in [5.74, 6) is 0. The maximum atomic E-state index is 12.6. The molecular formula is C15H20F3N3. The molecule has 21 heavy (non-hydrogen) atoms. The van der Waals surface area contributed by atoms with E-state index in [-0.39, 0.29) is 12.1 Å². The predicted molar refractivity (Wildman–Crippen MR) is 77.1 cm³/mol. The van der Waals surface area contributed by atoms with Crippen molar-refractivity contribution in [3.63, 3.8) is 0 Å². The summed E-state index contributed by atoms with van der Waals surface area (Å²) in [6.07, 6.45) is -3.29. The fraction of sp³-hybridized carbons (Fsp3) is 0.533. The molecule has 116 valence electrons. The van der Waals surface area contributed by atoms with Crippen molar-refractivity contribution in [1.82, 2.24) is 5.32 Å². The highest BCUT2D eigenvalue weighted by molar-refractivity contribution is 5.60. The van der Waals surface area contributed by atoms with Gasteiger partial charge in [0.25, 0.3) is 0 Å². The average Bonchev–Trinajstić information content (AvgIpc) is 2.44. The van der Waals surface area contributed by atoms with Gasteiger partial charge in [0, 0.05) is 13.1 Å².